The maximum atomic E-state index is 6.10. The Bertz CT molecular complexity index is 406. The van der Waals surface area contributed by atoms with E-state index in [1.54, 1.807) is 0 Å². The van der Waals surface area contributed by atoms with Crippen molar-refractivity contribution in [3.05, 3.63) is 18.2 Å². The Hall–Kier alpha value is -0.870. The first-order chi connectivity index (χ1) is 9.33. The van der Waals surface area contributed by atoms with Crippen LogP contribution >= 0.6 is 0 Å². The molecule has 0 aromatic carbocycles. The number of nitrogens with two attached hydrogens (primary N) is 1. The fourth-order valence-corrected chi connectivity index (χ4v) is 2.98. The number of hydrogen-bond acceptors (Lipinski definition) is 3. The van der Waals surface area contributed by atoms with Crippen LogP contribution in [0.25, 0.3) is 0 Å². The molecule has 1 aromatic heterocycles. The van der Waals surface area contributed by atoms with Crippen LogP contribution in [-0.4, -0.2) is 34.1 Å². The summed E-state index contributed by atoms with van der Waals surface area (Å²) in [4.78, 5) is 6.96. The van der Waals surface area contributed by atoms with Gasteiger partial charge >= 0.3 is 0 Å². The molecule has 2 N–H and O–H groups in total. The average molecular weight is 262 g/mol. The Balaban J connectivity index is 1.77. The van der Waals surface area contributed by atoms with Gasteiger partial charge in [0.05, 0.1) is 18.1 Å². The van der Waals surface area contributed by atoms with E-state index in [9.17, 15) is 0 Å². The molecule has 2 saturated carbocycles. The van der Waals surface area contributed by atoms with Crippen LogP contribution in [0.15, 0.2) is 12.5 Å². The van der Waals surface area contributed by atoms with Crippen molar-refractivity contribution >= 4 is 0 Å². The van der Waals surface area contributed by atoms with Gasteiger partial charge in [-0.2, -0.15) is 0 Å². The van der Waals surface area contributed by atoms with Gasteiger partial charge in [-0.25, -0.2) is 4.98 Å². The molecule has 0 spiro atoms. The molecule has 4 nitrogen and oxygen atoms in total. The van der Waals surface area contributed by atoms with Gasteiger partial charge in [0.1, 0.15) is 0 Å². The first-order valence-electron chi connectivity index (χ1n) is 7.79. The van der Waals surface area contributed by atoms with E-state index >= 15 is 0 Å². The van der Waals surface area contributed by atoms with Crippen molar-refractivity contribution in [2.45, 2.75) is 51.1 Å². The van der Waals surface area contributed by atoms with Crippen LogP contribution in [0, 0.1) is 5.92 Å². The minimum absolute atomic E-state index is 0.351. The van der Waals surface area contributed by atoms with E-state index in [-0.39, 0.29) is 0 Å². The molecule has 1 heterocycles. The van der Waals surface area contributed by atoms with Crippen molar-refractivity contribution in [3.8, 4) is 0 Å². The number of rotatable bonds is 8. The normalized spacial score (nSPS) is 21.0. The summed E-state index contributed by atoms with van der Waals surface area (Å²) in [6.07, 6.45) is 10.6. The van der Waals surface area contributed by atoms with Crippen LogP contribution in [0.3, 0.4) is 0 Å². The molecule has 2 aliphatic rings. The molecule has 3 rings (SSSR count). The monoisotopic (exact) mass is 262 g/mol. The van der Waals surface area contributed by atoms with Gasteiger partial charge in [-0.3, -0.25) is 4.90 Å². The Morgan fingerprint density at radius 1 is 1.42 bits per heavy atom. The highest BCUT2D eigenvalue weighted by Crippen LogP contribution is 2.38. The van der Waals surface area contributed by atoms with Gasteiger partial charge in [-0.1, -0.05) is 6.92 Å². The van der Waals surface area contributed by atoms with E-state index in [4.69, 9.17) is 5.73 Å². The lowest BCUT2D eigenvalue weighted by molar-refractivity contribution is 0.186. The topological polar surface area (TPSA) is 47.1 Å². The second-order valence-electron chi connectivity index (χ2n) is 6.15. The highest BCUT2D eigenvalue weighted by molar-refractivity contribution is 5.10. The van der Waals surface area contributed by atoms with Gasteiger partial charge in [0.2, 0.25) is 0 Å². The average Bonchev–Trinajstić information content (AvgIpc) is 3.33. The number of imidazole rings is 1. The van der Waals surface area contributed by atoms with Crippen LogP contribution in [0.4, 0.5) is 0 Å². The van der Waals surface area contributed by atoms with E-state index in [1.165, 1.54) is 44.3 Å². The zero-order valence-electron chi connectivity index (χ0n) is 12.0. The summed E-state index contributed by atoms with van der Waals surface area (Å²) >= 11 is 0. The van der Waals surface area contributed by atoms with Crippen molar-refractivity contribution in [2.75, 3.05) is 19.6 Å². The minimum Gasteiger partial charge on any atom is -0.330 e. The Morgan fingerprint density at radius 3 is 2.79 bits per heavy atom. The SMILES string of the molecule is CCCN(CC1CC1)C(CN)c1cncn1C1CC1. The Morgan fingerprint density at radius 2 is 2.21 bits per heavy atom. The first kappa shape index (κ1) is 13.1. The molecule has 4 heteroatoms. The maximum absolute atomic E-state index is 6.10. The molecule has 0 radical (unpaired) electrons. The maximum Gasteiger partial charge on any atom is 0.0951 e. The Labute approximate surface area is 116 Å². The van der Waals surface area contributed by atoms with Crippen LogP contribution in [0.1, 0.15) is 56.8 Å². The van der Waals surface area contributed by atoms with Crippen molar-refractivity contribution in [1.29, 1.82) is 0 Å². The lowest BCUT2D eigenvalue weighted by atomic mass is 10.1. The van der Waals surface area contributed by atoms with Crippen LogP contribution in [0.2, 0.25) is 0 Å². The van der Waals surface area contributed by atoms with Crippen molar-refractivity contribution in [1.82, 2.24) is 14.5 Å². The zero-order chi connectivity index (χ0) is 13.2. The molecule has 106 valence electrons. The van der Waals surface area contributed by atoms with E-state index in [0.717, 1.165) is 12.5 Å². The van der Waals surface area contributed by atoms with E-state index < -0.39 is 0 Å². The van der Waals surface area contributed by atoms with Gasteiger partial charge in [-0.05, 0) is 44.6 Å². The van der Waals surface area contributed by atoms with Crippen LogP contribution in [0.5, 0.6) is 0 Å². The second kappa shape index (κ2) is 5.63. The first-order valence-corrected chi connectivity index (χ1v) is 7.79. The lowest BCUT2D eigenvalue weighted by Gasteiger charge is -2.31. The fourth-order valence-electron chi connectivity index (χ4n) is 2.98. The molecule has 0 saturated heterocycles. The predicted octanol–water partition coefficient (Wildman–Crippen LogP) is 2.34. The van der Waals surface area contributed by atoms with Gasteiger partial charge < -0.3 is 10.3 Å². The van der Waals surface area contributed by atoms with E-state index in [2.05, 4.69) is 21.4 Å². The molecule has 0 amide bonds. The zero-order valence-corrected chi connectivity index (χ0v) is 12.0. The summed E-state index contributed by atoms with van der Waals surface area (Å²) in [5.74, 6) is 0.915. The van der Waals surface area contributed by atoms with Gasteiger partial charge in [0, 0.05) is 25.3 Å². The molecular weight excluding hydrogens is 236 g/mol. The third-order valence-electron chi connectivity index (χ3n) is 4.34. The van der Waals surface area contributed by atoms with Crippen LogP contribution in [-0.2, 0) is 0 Å². The third kappa shape index (κ3) is 3.00. The highest BCUT2D eigenvalue weighted by Gasteiger charge is 2.32. The summed E-state index contributed by atoms with van der Waals surface area (Å²) in [5, 5.41) is 0. The Kier molecular flexibility index (Phi) is 3.89. The highest BCUT2D eigenvalue weighted by atomic mass is 15.2. The van der Waals surface area contributed by atoms with E-state index in [0.29, 0.717) is 18.6 Å². The largest absolute Gasteiger partial charge is 0.330 e. The van der Waals surface area contributed by atoms with Gasteiger partial charge in [0.25, 0.3) is 0 Å². The predicted molar refractivity (Wildman–Crippen MR) is 76.9 cm³/mol. The molecule has 2 fully saturated rings. The molecule has 1 atom stereocenters. The molecule has 19 heavy (non-hydrogen) atoms. The van der Waals surface area contributed by atoms with Crippen molar-refractivity contribution in [3.63, 3.8) is 0 Å². The van der Waals surface area contributed by atoms with Gasteiger partial charge in [0.15, 0.2) is 0 Å². The second-order valence-corrected chi connectivity index (χ2v) is 6.15. The van der Waals surface area contributed by atoms with E-state index in [1.807, 2.05) is 12.5 Å². The standard InChI is InChI=1S/C15H26N4/c1-2-7-18(10-12-3-4-12)14(8-16)15-9-17-11-19(15)13-5-6-13/h9,11-14H,2-8,10,16H2,1H3. The molecule has 1 unspecified atom stereocenters. The molecule has 1 aromatic rings. The fraction of sp³-hybridized carbons (Fsp3) is 0.800. The summed E-state index contributed by atoms with van der Waals surface area (Å²) in [6, 6.07) is 1.04. The van der Waals surface area contributed by atoms with Crippen molar-refractivity contribution in [2.24, 2.45) is 11.7 Å². The minimum atomic E-state index is 0.351. The van der Waals surface area contributed by atoms with Crippen LogP contribution < -0.4 is 5.73 Å². The lowest BCUT2D eigenvalue weighted by Crippen LogP contribution is -2.37. The summed E-state index contributed by atoms with van der Waals surface area (Å²) in [5.41, 5.74) is 7.43. The summed E-state index contributed by atoms with van der Waals surface area (Å²) in [7, 11) is 0. The molecular formula is C15H26N4. The van der Waals surface area contributed by atoms with Crippen molar-refractivity contribution < 1.29 is 0 Å². The smallest absolute Gasteiger partial charge is 0.0951 e. The number of nitrogens with zero attached hydrogens (tertiary/aromatic N) is 3. The van der Waals surface area contributed by atoms with Gasteiger partial charge in [-0.15, -0.1) is 0 Å². The summed E-state index contributed by atoms with van der Waals surface area (Å²) < 4.78 is 2.37. The number of aromatic nitrogens is 2. The number of hydrogen-bond donors (Lipinski definition) is 1. The molecule has 0 bridgehead atoms. The molecule has 2 aliphatic carbocycles. The quantitative estimate of drug-likeness (QED) is 0.782. The summed E-state index contributed by atoms with van der Waals surface area (Å²) in [6.45, 7) is 5.32. The molecule has 0 aliphatic heterocycles. The third-order valence-corrected chi connectivity index (χ3v) is 4.34.